The zero-order valence-electron chi connectivity index (χ0n) is 18.8. The van der Waals surface area contributed by atoms with Crippen LogP contribution in [0.4, 0.5) is 4.39 Å². The van der Waals surface area contributed by atoms with Gasteiger partial charge in [-0.3, -0.25) is 4.79 Å². The molecule has 180 valence electrons. The highest BCUT2D eigenvalue weighted by Gasteiger charge is 2.36. The van der Waals surface area contributed by atoms with Gasteiger partial charge in [0.25, 0.3) is 11.8 Å². The van der Waals surface area contributed by atoms with Crippen LogP contribution in [0.3, 0.4) is 0 Å². The molecule has 0 radical (unpaired) electrons. The summed E-state index contributed by atoms with van der Waals surface area (Å²) in [5, 5.41) is 12.7. The van der Waals surface area contributed by atoms with Crippen molar-refractivity contribution in [3.05, 3.63) is 65.0 Å². The maximum atomic E-state index is 14.1. The summed E-state index contributed by atoms with van der Waals surface area (Å²) in [7, 11) is 2.84. The topological polar surface area (TPSA) is 108 Å². The van der Waals surface area contributed by atoms with Crippen molar-refractivity contribution in [2.75, 3.05) is 20.8 Å². The molecule has 12 heteroatoms. The molecule has 1 amide bonds. The van der Waals surface area contributed by atoms with E-state index in [4.69, 9.17) is 25.6 Å². The lowest BCUT2D eigenvalue weighted by atomic mass is 10.1. The smallest absolute Gasteiger partial charge is 0.261 e. The zero-order chi connectivity index (χ0) is 24.5. The number of carbonyl (C=O) groups excluding carboxylic acids is 1. The van der Waals surface area contributed by atoms with Crippen LogP contribution in [0.1, 0.15) is 35.1 Å². The minimum Gasteiger partial charge on any atom is -0.495 e. The first-order valence-electron chi connectivity index (χ1n) is 10.7. The summed E-state index contributed by atoms with van der Waals surface area (Å²) in [6.45, 7) is 0.480. The molecule has 1 atom stereocenters. The van der Waals surface area contributed by atoms with Gasteiger partial charge in [-0.05, 0) is 37.1 Å². The van der Waals surface area contributed by atoms with E-state index in [-0.39, 0.29) is 17.5 Å². The second kappa shape index (κ2) is 9.34. The zero-order valence-corrected chi connectivity index (χ0v) is 19.6. The van der Waals surface area contributed by atoms with Crippen LogP contribution in [0.2, 0.25) is 5.02 Å². The number of ether oxygens (including phenoxy) is 2. The van der Waals surface area contributed by atoms with E-state index in [9.17, 15) is 9.18 Å². The highest BCUT2D eigenvalue weighted by Crippen LogP contribution is 2.37. The Bertz CT molecular complexity index is 1380. The standard InChI is InChI=1S/C23H20ClFN6O4/c1-33-19-11-14(18(12-15(19)24)31-26-8-9-27-31)23(32)30-10-4-7-17(30)21-28-22(35-29-21)13-5-3-6-16(25)20(13)34-2/h3,5-6,8-9,11-12,17H,4,7,10H2,1-2H3/t17-/m0/s1. The van der Waals surface area contributed by atoms with Gasteiger partial charge in [-0.25, -0.2) is 4.39 Å². The number of methoxy groups -OCH3 is 2. The summed E-state index contributed by atoms with van der Waals surface area (Å²) in [4.78, 5) is 21.2. The predicted molar refractivity (Wildman–Crippen MR) is 122 cm³/mol. The Kier molecular flexibility index (Phi) is 6.08. The lowest BCUT2D eigenvalue weighted by Crippen LogP contribution is -2.32. The van der Waals surface area contributed by atoms with Crippen molar-refractivity contribution in [1.29, 1.82) is 0 Å². The van der Waals surface area contributed by atoms with Crippen molar-refractivity contribution >= 4 is 17.5 Å². The second-order valence-corrected chi connectivity index (χ2v) is 8.16. The number of hydrogen-bond acceptors (Lipinski definition) is 8. The van der Waals surface area contributed by atoms with Gasteiger partial charge in [0.05, 0.1) is 48.8 Å². The van der Waals surface area contributed by atoms with Crippen molar-refractivity contribution in [3.63, 3.8) is 0 Å². The van der Waals surface area contributed by atoms with Gasteiger partial charge in [0, 0.05) is 6.54 Å². The second-order valence-electron chi connectivity index (χ2n) is 7.76. The summed E-state index contributed by atoms with van der Waals surface area (Å²) >= 11 is 6.32. The average molecular weight is 499 g/mol. The Labute approximate surface area is 204 Å². The molecule has 0 unspecified atom stereocenters. The van der Waals surface area contributed by atoms with Crippen LogP contribution in [-0.2, 0) is 0 Å². The van der Waals surface area contributed by atoms with Crippen LogP contribution in [0.25, 0.3) is 17.1 Å². The molecule has 1 fully saturated rings. The number of carbonyl (C=O) groups is 1. The molecule has 3 heterocycles. The maximum Gasteiger partial charge on any atom is 0.261 e. The van der Waals surface area contributed by atoms with Gasteiger partial charge in [0.1, 0.15) is 11.4 Å². The van der Waals surface area contributed by atoms with Gasteiger partial charge in [-0.15, -0.1) is 0 Å². The first-order valence-corrected chi connectivity index (χ1v) is 11.1. The van der Waals surface area contributed by atoms with Gasteiger partial charge in [0.2, 0.25) is 0 Å². The largest absolute Gasteiger partial charge is 0.495 e. The van der Waals surface area contributed by atoms with E-state index in [1.165, 1.54) is 43.5 Å². The van der Waals surface area contributed by atoms with Crippen molar-refractivity contribution in [2.45, 2.75) is 18.9 Å². The molecule has 10 nitrogen and oxygen atoms in total. The Balaban J connectivity index is 1.50. The summed E-state index contributed by atoms with van der Waals surface area (Å²) < 4.78 is 30.1. The number of aromatic nitrogens is 5. The quantitative estimate of drug-likeness (QED) is 0.391. The van der Waals surface area contributed by atoms with E-state index >= 15 is 0 Å². The highest BCUT2D eigenvalue weighted by molar-refractivity contribution is 6.32. The van der Waals surface area contributed by atoms with Crippen LogP contribution in [0, 0.1) is 5.82 Å². The third kappa shape index (κ3) is 4.08. The third-order valence-electron chi connectivity index (χ3n) is 5.79. The molecular weight excluding hydrogens is 479 g/mol. The molecule has 2 aromatic heterocycles. The van der Waals surface area contributed by atoms with Crippen LogP contribution < -0.4 is 9.47 Å². The Morgan fingerprint density at radius 2 is 2.00 bits per heavy atom. The van der Waals surface area contributed by atoms with Gasteiger partial charge >= 0.3 is 0 Å². The van der Waals surface area contributed by atoms with E-state index in [0.717, 1.165) is 6.42 Å². The molecular formula is C23H20ClFN6O4. The fraction of sp³-hybridized carbons (Fsp3) is 0.261. The van der Waals surface area contributed by atoms with Gasteiger partial charge in [-0.2, -0.15) is 20.0 Å². The van der Waals surface area contributed by atoms with E-state index in [1.807, 2.05) is 0 Å². The minimum absolute atomic E-state index is 0.00618. The molecule has 4 aromatic rings. The summed E-state index contributed by atoms with van der Waals surface area (Å²) in [5.41, 5.74) is 1.05. The molecule has 0 saturated carbocycles. The molecule has 0 spiro atoms. The van der Waals surface area contributed by atoms with E-state index in [1.54, 1.807) is 23.1 Å². The molecule has 1 aliphatic rings. The third-order valence-corrected chi connectivity index (χ3v) is 6.09. The molecule has 35 heavy (non-hydrogen) atoms. The first kappa shape index (κ1) is 22.8. The van der Waals surface area contributed by atoms with Crippen molar-refractivity contribution in [3.8, 4) is 28.6 Å². The predicted octanol–water partition coefficient (Wildman–Crippen LogP) is 4.10. The van der Waals surface area contributed by atoms with Crippen LogP contribution in [0.15, 0.2) is 47.2 Å². The number of halogens is 2. The SMILES string of the molecule is COc1cc(C(=O)N2CCC[C@H]2c2noc(-c3cccc(F)c3OC)n2)c(-n2nccn2)cc1Cl. The normalized spacial score (nSPS) is 15.4. The fourth-order valence-electron chi connectivity index (χ4n) is 4.17. The summed E-state index contributed by atoms with van der Waals surface area (Å²) in [5.74, 6) is -0.0567. The van der Waals surface area contributed by atoms with Gasteiger partial charge in [0.15, 0.2) is 17.4 Å². The summed E-state index contributed by atoms with van der Waals surface area (Å²) in [6.07, 6.45) is 4.38. The Morgan fingerprint density at radius 3 is 2.74 bits per heavy atom. The maximum absolute atomic E-state index is 14.1. The van der Waals surface area contributed by atoms with Crippen LogP contribution in [-0.4, -0.2) is 56.7 Å². The monoisotopic (exact) mass is 498 g/mol. The molecule has 1 saturated heterocycles. The molecule has 0 bridgehead atoms. The number of amides is 1. The van der Waals surface area contributed by atoms with E-state index in [2.05, 4.69) is 20.3 Å². The summed E-state index contributed by atoms with van der Waals surface area (Å²) in [6, 6.07) is 7.14. The number of rotatable bonds is 6. The van der Waals surface area contributed by atoms with Crippen LogP contribution >= 0.6 is 11.6 Å². The molecule has 1 aliphatic heterocycles. The lowest BCUT2D eigenvalue weighted by molar-refractivity contribution is 0.0727. The number of hydrogen-bond donors (Lipinski definition) is 0. The molecule has 0 N–H and O–H groups in total. The minimum atomic E-state index is -0.543. The number of nitrogens with zero attached hydrogens (tertiary/aromatic N) is 6. The Morgan fingerprint density at radius 1 is 1.20 bits per heavy atom. The average Bonchev–Trinajstić information content (AvgIpc) is 3.64. The van der Waals surface area contributed by atoms with Gasteiger partial charge in [-0.1, -0.05) is 22.8 Å². The Hall–Kier alpha value is -3.99. The molecule has 0 aliphatic carbocycles. The van der Waals surface area contributed by atoms with E-state index in [0.29, 0.717) is 46.4 Å². The highest BCUT2D eigenvalue weighted by atomic mass is 35.5. The van der Waals surface area contributed by atoms with Crippen molar-refractivity contribution in [1.82, 2.24) is 30.0 Å². The van der Waals surface area contributed by atoms with Crippen molar-refractivity contribution < 1.29 is 23.2 Å². The lowest BCUT2D eigenvalue weighted by Gasteiger charge is -2.23. The number of para-hydroxylation sites is 1. The van der Waals surface area contributed by atoms with Gasteiger partial charge < -0.3 is 18.9 Å². The molecule has 2 aromatic carbocycles. The van der Waals surface area contributed by atoms with Crippen molar-refractivity contribution in [2.24, 2.45) is 0 Å². The number of benzene rings is 2. The molecule has 5 rings (SSSR count). The first-order chi connectivity index (χ1) is 17.0. The van der Waals surface area contributed by atoms with Crippen LogP contribution in [0.5, 0.6) is 11.5 Å². The fourth-order valence-corrected chi connectivity index (χ4v) is 4.41. The van der Waals surface area contributed by atoms with E-state index < -0.39 is 11.9 Å². The number of likely N-dealkylation sites (tertiary alicyclic amines) is 1.